The maximum Gasteiger partial charge on any atom is 0.320 e. The molecule has 0 heterocycles. The summed E-state index contributed by atoms with van der Waals surface area (Å²) >= 11 is 0. The molecular formula is C6H12N4O3. The largest absolute Gasteiger partial charge is 0.480 e. The van der Waals surface area contributed by atoms with Crippen molar-refractivity contribution in [3.8, 4) is 0 Å². The third-order valence-electron chi connectivity index (χ3n) is 1.48. The van der Waals surface area contributed by atoms with Crippen LogP contribution in [0.25, 0.3) is 10.4 Å². The van der Waals surface area contributed by atoms with Crippen molar-refractivity contribution in [1.29, 1.82) is 0 Å². The van der Waals surface area contributed by atoms with E-state index in [1.165, 1.54) is 0 Å². The van der Waals surface area contributed by atoms with Gasteiger partial charge in [0.2, 0.25) is 0 Å². The molecule has 0 unspecified atom stereocenters. The summed E-state index contributed by atoms with van der Waals surface area (Å²) in [5.74, 6) is -1.10. The first-order chi connectivity index (χ1) is 6.07. The number of aliphatic hydroxyl groups is 1. The van der Waals surface area contributed by atoms with Crippen LogP contribution in [0.2, 0.25) is 0 Å². The molecule has 7 nitrogen and oxygen atoms in total. The van der Waals surface area contributed by atoms with Crippen LogP contribution in [0.5, 0.6) is 0 Å². The lowest BCUT2D eigenvalue weighted by molar-refractivity contribution is -0.138. The van der Waals surface area contributed by atoms with Gasteiger partial charge in [0.05, 0.1) is 12.6 Å². The normalized spacial score (nSPS) is 14.3. The average molecular weight is 188 g/mol. The summed E-state index contributed by atoms with van der Waals surface area (Å²) in [5.41, 5.74) is 13.1. The quantitative estimate of drug-likeness (QED) is 0.303. The van der Waals surface area contributed by atoms with Crippen LogP contribution in [0.15, 0.2) is 5.11 Å². The van der Waals surface area contributed by atoms with Gasteiger partial charge in [-0.2, -0.15) is 0 Å². The number of nitrogens with zero attached hydrogens (tertiary/aromatic N) is 3. The molecule has 0 aromatic rings. The van der Waals surface area contributed by atoms with Crippen LogP contribution in [0.4, 0.5) is 0 Å². The van der Waals surface area contributed by atoms with Gasteiger partial charge in [0.1, 0.15) is 6.04 Å². The third-order valence-corrected chi connectivity index (χ3v) is 1.48. The molecule has 0 aliphatic heterocycles. The minimum Gasteiger partial charge on any atom is -0.480 e. The van der Waals surface area contributed by atoms with Crippen molar-refractivity contribution >= 4 is 5.97 Å². The Kier molecular flexibility index (Phi) is 5.62. The molecular weight excluding hydrogens is 176 g/mol. The molecule has 74 valence electrons. The van der Waals surface area contributed by atoms with E-state index in [0.717, 1.165) is 0 Å². The second kappa shape index (κ2) is 6.24. The Morgan fingerprint density at radius 2 is 2.23 bits per heavy atom. The summed E-state index contributed by atoms with van der Waals surface area (Å²) in [6, 6.07) is -0.972. The highest BCUT2D eigenvalue weighted by Crippen LogP contribution is 2.00. The standard InChI is InChI=1S/C6H12N4O3/c7-5(6(12)13)2-1-4(11)3-9-10-8/h4-5,11H,1-3,7H2,(H,12,13)/t4-,5+/m1/s1. The van der Waals surface area contributed by atoms with E-state index in [0.29, 0.717) is 0 Å². The molecule has 0 radical (unpaired) electrons. The first-order valence-electron chi connectivity index (χ1n) is 3.75. The van der Waals surface area contributed by atoms with E-state index in [1.54, 1.807) is 0 Å². The Morgan fingerprint density at radius 1 is 1.62 bits per heavy atom. The maximum absolute atomic E-state index is 10.2. The highest BCUT2D eigenvalue weighted by atomic mass is 16.4. The molecule has 0 saturated carbocycles. The fourth-order valence-electron chi connectivity index (χ4n) is 0.717. The first-order valence-corrected chi connectivity index (χ1v) is 3.75. The highest BCUT2D eigenvalue weighted by Gasteiger charge is 2.13. The van der Waals surface area contributed by atoms with E-state index >= 15 is 0 Å². The van der Waals surface area contributed by atoms with Gasteiger partial charge >= 0.3 is 5.97 Å². The van der Waals surface area contributed by atoms with E-state index in [2.05, 4.69) is 10.0 Å². The van der Waals surface area contributed by atoms with Crippen molar-refractivity contribution in [2.24, 2.45) is 10.8 Å². The van der Waals surface area contributed by atoms with Crippen LogP contribution < -0.4 is 5.73 Å². The second-order valence-corrected chi connectivity index (χ2v) is 2.59. The number of carbonyl (C=O) groups is 1. The lowest BCUT2D eigenvalue weighted by Gasteiger charge is -2.09. The highest BCUT2D eigenvalue weighted by molar-refractivity contribution is 5.72. The molecule has 0 aliphatic carbocycles. The summed E-state index contributed by atoms with van der Waals surface area (Å²) < 4.78 is 0. The topological polar surface area (TPSA) is 132 Å². The fraction of sp³-hybridized carbons (Fsp3) is 0.833. The molecule has 0 spiro atoms. The van der Waals surface area contributed by atoms with E-state index < -0.39 is 18.1 Å². The molecule has 0 aromatic carbocycles. The van der Waals surface area contributed by atoms with Gasteiger partial charge in [0, 0.05) is 4.91 Å². The second-order valence-electron chi connectivity index (χ2n) is 2.59. The van der Waals surface area contributed by atoms with Gasteiger partial charge in [-0.3, -0.25) is 4.79 Å². The molecule has 0 amide bonds. The molecule has 0 bridgehead atoms. The number of carboxylic acid groups (broad SMARTS) is 1. The molecule has 7 heteroatoms. The van der Waals surface area contributed by atoms with Crippen molar-refractivity contribution < 1.29 is 15.0 Å². The predicted octanol–water partition coefficient (Wildman–Crippen LogP) is -0.150. The number of aliphatic carboxylic acids is 1. The van der Waals surface area contributed by atoms with Gasteiger partial charge in [0.25, 0.3) is 0 Å². The molecule has 0 fully saturated rings. The van der Waals surface area contributed by atoms with Crippen molar-refractivity contribution in [3.63, 3.8) is 0 Å². The Balaban J connectivity index is 3.62. The van der Waals surface area contributed by atoms with Crippen LogP contribution in [0.3, 0.4) is 0 Å². The predicted molar refractivity (Wildman–Crippen MR) is 44.9 cm³/mol. The number of rotatable bonds is 6. The van der Waals surface area contributed by atoms with Crippen LogP contribution in [-0.2, 0) is 4.79 Å². The Morgan fingerprint density at radius 3 is 2.69 bits per heavy atom. The summed E-state index contributed by atoms with van der Waals surface area (Å²) in [6.07, 6.45) is -0.439. The zero-order chi connectivity index (χ0) is 10.3. The summed E-state index contributed by atoms with van der Waals surface area (Å²) in [6.45, 7) is -0.0527. The van der Waals surface area contributed by atoms with Gasteiger partial charge in [0.15, 0.2) is 0 Å². The van der Waals surface area contributed by atoms with E-state index in [4.69, 9.17) is 21.5 Å². The Hall–Kier alpha value is -1.30. The number of aliphatic hydroxyl groups excluding tert-OH is 1. The number of hydrogen-bond donors (Lipinski definition) is 3. The average Bonchev–Trinajstić information content (AvgIpc) is 2.10. The molecule has 0 rings (SSSR count). The van der Waals surface area contributed by atoms with E-state index in [-0.39, 0.29) is 19.4 Å². The van der Waals surface area contributed by atoms with Gasteiger partial charge in [-0.1, -0.05) is 5.11 Å². The zero-order valence-electron chi connectivity index (χ0n) is 7.00. The molecule has 0 aromatic heterocycles. The Bertz CT molecular complexity index is 214. The van der Waals surface area contributed by atoms with Crippen molar-refractivity contribution in [3.05, 3.63) is 10.4 Å². The van der Waals surface area contributed by atoms with Gasteiger partial charge in [-0.05, 0) is 18.4 Å². The van der Waals surface area contributed by atoms with Crippen molar-refractivity contribution in [2.75, 3.05) is 6.54 Å². The van der Waals surface area contributed by atoms with Crippen LogP contribution in [0.1, 0.15) is 12.8 Å². The lowest BCUT2D eigenvalue weighted by atomic mass is 10.1. The van der Waals surface area contributed by atoms with Crippen LogP contribution in [0, 0.1) is 0 Å². The van der Waals surface area contributed by atoms with Crippen LogP contribution in [-0.4, -0.2) is 34.9 Å². The summed E-state index contributed by atoms with van der Waals surface area (Å²) in [5, 5.41) is 20.6. The fourth-order valence-corrected chi connectivity index (χ4v) is 0.717. The lowest BCUT2D eigenvalue weighted by Crippen LogP contribution is -2.31. The molecule has 4 N–H and O–H groups in total. The van der Waals surface area contributed by atoms with Gasteiger partial charge in [-0.25, -0.2) is 0 Å². The molecule has 2 atom stereocenters. The smallest absolute Gasteiger partial charge is 0.320 e. The third kappa shape index (κ3) is 5.92. The maximum atomic E-state index is 10.2. The number of hydrogen-bond acceptors (Lipinski definition) is 4. The summed E-state index contributed by atoms with van der Waals surface area (Å²) in [4.78, 5) is 12.7. The van der Waals surface area contributed by atoms with Crippen LogP contribution >= 0.6 is 0 Å². The number of carboxylic acids is 1. The molecule has 13 heavy (non-hydrogen) atoms. The minimum absolute atomic E-state index is 0.0527. The summed E-state index contributed by atoms with van der Waals surface area (Å²) in [7, 11) is 0. The number of nitrogens with two attached hydrogens (primary N) is 1. The van der Waals surface area contributed by atoms with Crippen molar-refractivity contribution in [2.45, 2.75) is 25.0 Å². The van der Waals surface area contributed by atoms with E-state index in [9.17, 15) is 4.79 Å². The molecule has 0 aliphatic rings. The Labute approximate surface area is 74.8 Å². The first kappa shape index (κ1) is 11.7. The van der Waals surface area contributed by atoms with Gasteiger partial charge in [-0.15, -0.1) is 0 Å². The number of azide groups is 1. The SMILES string of the molecule is [N-]=[N+]=NC[C@H](O)CC[C@H](N)C(=O)O. The molecule has 0 saturated heterocycles. The van der Waals surface area contributed by atoms with Crippen molar-refractivity contribution in [1.82, 2.24) is 0 Å². The van der Waals surface area contributed by atoms with E-state index in [1.807, 2.05) is 0 Å². The minimum atomic E-state index is -1.10. The zero-order valence-corrected chi connectivity index (χ0v) is 7.00. The van der Waals surface area contributed by atoms with Gasteiger partial charge < -0.3 is 15.9 Å². The monoisotopic (exact) mass is 188 g/mol.